The van der Waals surface area contributed by atoms with Crippen LogP contribution in [0.5, 0.6) is 5.75 Å². The van der Waals surface area contributed by atoms with E-state index >= 15 is 0 Å². The molecule has 132 valence electrons. The summed E-state index contributed by atoms with van der Waals surface area (Å²) in [5, 5.41) is 0. The molecule has 1 aliphatic heterocycles. The van der Waals surface area contributed by atoms with Gasteiger partial charge in [-0.2, -0.15) is 0 Å². The summed E-state index contributed by atoms with van der Waals surface area (Å²) in [5.74, 6) is -0.0904. The van der Waals surface area contributed by atoms with Gasteiger partial charge in [-0.15, -0.1) is 0 Å². The van der Waals surface area contributed by atoms with Crippen molar-refractivity contribution < 1.29 is 19.1 Å². The number of aromatic amines is 1. The van der Waals surface area contributed by atoms with Crippen LogP contribution in [0.4, 0.5) is 0 Å². The fourth-order valence-electron chi connectivity index (χ4n) is 2.88. The molecule has 0 saturated heterocycles. The molecule has 1 aliphatic rings. The first-order valence-electron chi connectivity index (χ1n) is 8.08. The number of methoxy groups -OCH3 is 1. The lowest BCUT2D eigenvalue weighted by Gasteiger charge is -2.33. The Bertz CT molecular complexity index is 799. The van der Waals surface area contributed by atoms with Crippen LogP contribution in [0.15, 0.2) is 24.5 Å². The molecular formula is C18H21N3O4. The van der Waals surface area contributed by atoms with Crippen molar-refractivity contribution in [2.24, 2.45) is 0 Å². The molecule has 1 atom stereocenters. The lowest BCUT2D eigenvalue weighted by atomic mass is 10.0. The SMILES string of the molecule is COC(=O)C1Cc2nc[nH]c2CN1C(=O)COc1ccc(C)c(C)c1. The quantitative estimate of drug-likeness (QED) is 0.851. The molecule has 0 spiro atoms. The molecule has 0 bridgehead atoms. The number of H-pyrrole nitrogens is 1. The molecule has 1 N–H and O–H groups in total. The maximum absolute atomic E-state index is 12.6. The Morgan fingerprint density at radius 2 is 2.12 bits per heavy atom. The minimum absolute atomic E-state index is 0.139. The molecule has 1 aromatic carbocycles. The van der Waals surface area contributed by atoms with E-state index in [1.54, 1.807) is 6.33 Å². The first-order valence-corrected chi connectivity index (χ1v) is 8.08. The number of aromatic nitrogens is 2. The maximum Gasteiger partial charge on any atom is 0.329 e. The molecule has 1 unspecified atom stereocenters. The van der Waals surface area contributed by atoms with E-state index in [-0.39, 0.29) is 19.1 Å². The molecule has 25 heavy (non-hydrogen) atoms. The maximum atomic E-state index is 12.6. The molecule has 0 aliphatic carbocycles. The first kappa shape index (κ1) is 17.0. The minimum atomic E-state index is -0.684. The van der Waals surface area contributed by atoms with Crippen LogP contribution in [0.25, 0.3) is 0 Å². The monoisotopic (exact) mass is 343 g/mol. The van der Waals surface area contributed by atoms with Gasteiger partial charge >= 0.3 is 5.97 Å². The van der Waals surface area contributed by atoms with Gasteiger partial charge in [-0.05, 0) is 37.1 Å². The number of esters is 1. The first-order chi connectivity index (χ1) is 12.0. The number of hydrogen-bond acceptors (Lipinski definition) is 5. The van der Waals surface area contributed by atoms with Gasteiger partial charge < -0.3 is 19.4 Å². The number of carbonyl (C=O) groups is 2. The van der Waals surface area contributed by atoms with Crippen LogP contribution in [-0.4, -0.2) is 46.5 Å². The van der Waals surface area contributed by atoms with E-state index in [1.807, 2.05) is 32.0 Å². The molecule has 7 heteroatoms. The molecule has 0 saturated carbocycles. The second-order valence-corrected chi connectivity index (χ2v) is 6.13. The lowest BCUT2D eigenvalue weighted by Crippen LogP contribution is -2.50. The van der Waals surface area contributed by atoms with Gasteiger partial charge in [-0.3, -0.25) is 4.79 Å². The van der Waals surface area contributed by atoms with Crippen molar-refractivity contribution in [3.8, 4) is 5.75 Å². The highest BCUT2D eigenvalue weighted by molar-refractivity contribution is 5.86. The molecule has 3 rings (SSSR count). The topological polar surface area (TPSA) is 84.5 Å². The number of rotatable bonds is 4. The van der Waals surface area contributed by atoms with Gasteiger partial charge in [0.25, 0.3) is 5.91 Å². The zero-order valence-electron chi connectivity index (χ0n) is 14.5. The van der Waals surface area contributed by atoms with E-state index in [0.717, 1.165) is 22.5 Å². The number of hydrogen-bond donors (Lipinski definition) is 1. The van der Waals surface area contributed by atoms with Crippen molar-refractivity contribution in [1.29, 1.82) is 0 Å². The predicted molar refractivity (Wildman–Crippen MR) is 90.1 cm³/mol. The number of nitrogens with zero attached hydrogens (tertiary/aromatic N) is 2. The smallest absolute Gasteiger partial charge is 0.329 e. The predicted octanol–water partition coefficient (Wildman–Crippen LogP) is 1.53. The fraction of sp³-hybridized carbons (Fsp3) is 0.389. The van der Waals surface area contributed by atoms with E-state index < -0.39 is 12.0 Å². The zero-order valence-corrected chi connectivity index (χ0v) is 14.5. The van der Waals surface area contributed by atoms with Gasteiger partial charge in [-0.25, -0.2) is 9.78 Å². The summed E-state index contributed by atoms with van der Waals surface area (Å²) < 4.78 is 10.5. The average Bonchev–Trinajstić information content (AvgIpc) is 3.08. The summed E-state index contributed by atoms with van der Waals surface area (Å²) in [4.78, 5) is 33.4. The third kappa shape index (κ3) is 3.50. The van der Waals surface area contributed by atoms with E-state index in [9.17, 15) is 9.59 Å². The third-order valence-electron chi connectivity index (χ3n) is 4.53. The molecule has 1 aromatic heterocycles. The number of aryl methyl sites for hydroxylation is 2. The van der Waals surface area contributed by atoms with E-state index in [4.69, 9.17) is 9.47 Å². The molecular weight excluding hydrogens is 322 g/mol. The Labute approximate surface area is 146 Å². The highest BCUT2D eigenvalue weighted by atomic mass is 16.5. The molecule has 2 heterocycles. The Hall–Kier alpha value is -2.83. The van der Waals surface area contributed by atoms with Gasteiger partial charge in [0.05, 0.1) is 31.4 Å². The number of fused-ring (bicyclic) bond motifs is 1. The highest BCUT2D eigenvalue weighted by Crippen LogP contribution is 2.22. The average molecular weight is 343 g/mol. The van der Waals surface area contributed by atoms with Gasteiger partial charge in [0.2, 0.25) is 0 Å². The normalized spacial score (nSPS) is 16.3. The van der Waals surface area contributed by atoms with Gasteiger partial charge in [0, 0.05) is 6.42 Å². The van der Waals surface area contributed by atoms with Gasteiger partial charge in [-0.1, -0.05) is 6.07 Å². The van der Waals surface area contributed by atoms with Crippen LogP contribution in [0, 0.1) is 13.8 Å². The number of carbonyl (C=O) groups excluding carboxylic acids is 2. The van der Waals surface area contributed by atoms with E-state index in [1.165, 1.54) is 12.0 Å². The second-order valence-electron chi connectivity index (χ2n) is 6.13. The summed E-state index contributed by atoms with van der Waals surface area (Å²) in [6.45, 7) is 4.15. The third-order valence-corrected chi connectivity index (χ3v) is 4.53. The van der Waals surface area contributed by atoms with E-state index in [2.05, 4.69) is 9.97 Å². The summed E-state index contributed by atoms with van der Waals surface area (Å²) in [5.41, 5.74) is 3.87. The largest absolute Gasteiger partial charge is 0.484 e. The molecule has 7 nitrogen and oxygen atoms in total. The van der Waals surface area contributed by atoms with E-state index in [0.29, 0.717) is 12.2 Å². The minimum Gasteiger partial charge on any atom is -0.484 e. The highest BCUT2D eigenvalue weighted by Gasteiger charge is 2.36. The van der Waals surface area contributed by atoms with Crippen molar-refractivity contribution in [3.05, 3.63) is 47.0 Å². The Morgan fingerprint density at radius 3 is 2.84 bits per heavy atom. The zero-order chi connectivity index (χ0) is 18.0. The van der Waals surface area contributed by atoms with Gasteiger partial charge in [0.1, 0.15) is 11.8 Å². The summed E-state index contributed by atoms with van der Waals surface area (Å²) >= 11 is 0. The van der Waals surface area contributed by atoms with Crippen LogP contribution < -0.4 is 4.74 Å². The summed E-state index contributed by atoms with van der Waals surface area (Å²) in [6, 6.07) is 4.99. The summed E-state index contributed by atoms with van der Waals surface area (Å²) in [6.07, 6.45) is 1.90. The lowest BCUT2D eigenvalue weighted by molar-refractivity contribution is -0.154. The number of amides is 1. The molecule has 0 fully saturated rings. The second kappa shape index (κ2) is 6.96. The number of nitrogens with one attached hydrogen (secondary N) is 1. The van der Waals surface area contributed by atoms with Crippen molar-refractivity contribution in [2.75, 3.05) is 13.7 Å². The van der Waals surface area contributed by atoms with Crippen LogP contribution in [0.2, 0.25) is 0 Å². The van der Waals surface area contributed by atoms with Crippen LogP contribution in [0.3, 0.4) is 0 Å². The van der Waals surface area contributed by atoms with Crippen molar-refractivity contribution in [2.45, 2.75) is 32.9 Å². The van der Waals surface area contributed by atoms with Crippen LogP contribution in [0.1, 0.15) is 22.5 Å². The molecule has 0 radical (unpaired) electrons. The Kier molecular flexibility index (Phi) is 4.74. The fourth-order valence-corrected chi connectivity index (χ4v) is 2.88. The van der Waals surface area contributed by atoms with Crippen LogP contribution in [-0.2, 0) is 27.3 Å². The van der Waals surface area contributed by atoms with Crippen molar-refractivity contribution in [1.82, 2.24) is 14.9 Å². The molecule has 2 aromatic rings. The number of imidazole rings is 1. The van der Waals surface area contributed by atoms with Crippen molar-refractivity contribution >= 4 is 11.9 Å². The summed E-state index contributed by atoms with van der Waals surface area (Å²) in [7, 11) is 1.32. The number of benzene rings is 1. The van der Waals surface area contributed by atoms with Gasteiger partial charge in [0.15, 0.2) is 6.61 Å². The molecule has 1 amide bonds. The van der Waals surface area contributed by atoms with Crippen LogP contribution >= 0.6 is 0 Å². The number of ether oxygens (including phenoxy) is 2. The Morgan fingerprint density at radius 1 is 1.32 bits per heavy atom. The Balaban J connectivity index is 1.72. The standard InChI is InChI=1S/C18H21N3O4/c1-11-4-5-13(6-12(11)2)25-9-17(22)21-8-15-14(19-10-20-15)7-16(21)18(23)24-3/h4-6,10,16H,7-9H2,1-3H3,(H,19,20). The van der Waals surface area contributed by atoms with Crippen molar-refractivity contribution in [3.63, 3.8) is 0 Å².